The van der Waals surface area contributed by atoms with Gasteiger partial charge >= 0.3 is 11.9 Å². The van der Waals surface area contributed by atoms with E-state index in [0.29, 0.717) is 17.4 Å². The summed E-state index contributed by atoms with van der Waals surface area (Å²) in [6.07, 6.45) is 70.2. The van der Waals surface area contributed by atoms with Crippen LogP contribution in [0.2, 0.25) is 0 Å². The molecule has 0 aliphatic carbocycles. The summed E-state index contributed by atoms with van der Waals surface area (Å²) in [7, 11) is 1.13. The van der Waals surface area contributed by atoms with Gasteiger partial charge in [-0.25, -0.2) is 0 Å². The van der Waals surface area contributed by atoms with E-state index in [0.717, 1.165) is 83.5 Å². The molecule has 9 nitrogen and oxygen atoms in total. The van der Waals surface area contributed by atoms with Crippen molar-refractivity contribution < 1.29 is 42.1 Å². The van der Waals surface area contributed by atoms with Crippen molar-refractivity contribution in [3.8, 4) is 0 Å². The third-order valence-corrected chi connectivity index (χ3v) is 12.8. The molecule has 0 aromatic heterocycles. The van der Waals surface area contributed by atoms with E-state index in [-0.39, 0.29) is 26.1 Å². The number of likely N-dealkylation sites (N-methyl/N-ethyl adjacent to an activating group) is 1. The lowest BCUT2D eigenvalue weighted by Gasteiger charge is -2.28. The molecule has 0 N–H and O–H groups in total. The Morgan fingerprint density at radius 1 is 0.451 bits per heavy atom. The van der Waals surface area contributed by atoms with Crippen molar-refractivity contribution in [2.24, 2.45) is 0 Å². The van der Waals surface area contributed by atoms with E-state index in [1.54, 1.807) is 0 Å². The van der Waals surface area contributed by atoms with Gasteiger partial charge in [-0.1, -0.05) is 233 Å². The number of hydrogen-bond donors (Lipinski definition) is 0. The number of unbranched alkanes of at least 4 members (excludes halogenated alkanes) is 21. The number of quaternary nitrogens is 1. The van der Waals surface area contributed by atoms with E-state index in [9.17, 15) is 19.0 Å². The summed E-state index contributed by atoms with van der Waals surface area (Å²) in [6, 6.07) is 0. The highest BCUT2D eigenvalue weighted by atomic mass is 31.2. The SMILES string of the molecule is CC/C=C\C/C=C\C/C=C\C/C=C\C/C=C\C/C=C\C/C=C\C/C=C\CCCCC(=O)OC(COC(=O)CCCCCCCCCCCCCCCCCCCCCC)COP(=O)([O-])OCC[N+](C)(C)C. The minimum absolute atomic E-state index is 0.0434. The highest BCUT2D eigenvalue weighted by Gasteiger charge is 2.21. The van der Waals surface area contributed by atoms with Gasteiger partial charge in [0.05, 0.1) is 27.7 Å². The van der Waals surface area contributed by atoms with Crippen molar-refractivity contribution in [2.75, 3.05) is 47.5 Å². The molecule has 0 aromatic carbocycles. The van der Waals surface area contributed by atoms with Crippen molar-refractivity contribution in [1.29, 1.82) is 0 Å². The number of carbonyl (C=O) groups is 2. The number of ether oxygens (including phenoxy) is 2. The topological polar surface area (TPSA) is 111 Å². The monoisotopic (exact) mass is 1010 g/mol. The molecule has 0 saturated carbocycles. The standard InChI is InChI=1S/C61H106NO8P/c1-6-8-10-12-14-16-18-20-22-24-26-28-29-30-31-32-33-34-36-38-40-42-44-46-48-50-52-54-61(64)70-59(58-69-71(65,66)68-56-55-62(3,4)5)57-67-60(63)53-51-49-47-45-43-41-39-37-35-27-25-23-21-19-17-15-13-11-9-7-2/h8,10,14,16,20,22,26,28,30-31,33-34,38,40,44,46,59H,6-7,9,11-13,15,17-19,21,23-25,27,29,32,35-37,39,41-43,45,47-58H2,1-5H3/b10-8-,16-14-,22-20-,28-26-,31-30-,34-33-,40-38-,46-44-. The van der Waals surface area contributed by atoms with Crippen LogP contribution >= 0.6 is 7.82 Å². The molecule has 0 radical (unpaired) electrons. The van der Waals surface area contributed by atoms with Crippen LogP contribution in [0, 0.1) is 0 Å². The van der Waals surface area contributed by atoms with Gasteiger partial charge in [-0.05, 0) is 77.0 Å². The fourth-order valence-electron chi connectivity index (χ4n) is 7.49. The first-order valence-electron chi connectivity index (χ1n) is 28.4. The molecule has 2 unspecified atom stereocenters. The minimum atomic E-state index is -4.65. The summed E-state index contributed by atoms with van der Waals surface area (Å²) in [6.45, 7) is 4.08. The van der Waals surface area contributed by atoms with Crippen LogP contribution in [-0.2, 0) is 32.7 Å². The Labute approximate surface area is 436 Å². The first-order chi connectivity index (χ1) is 34.5. The molecule has 0 spiro atoms. The quantitative estimate of drug-likeness (QED) is 0.0195. The third kappa shape index (κ3) is 56.1. The van der Waals surface area contributed by atoms with E-state index in [2.05, 4.69) is 111 Å². The second kappa shape index (κ2) is 51.8. The lowest BCUT2D eigenvalue weighted by atomic mass is 10.0. The van der Waals surface area contributed by atoms with Gasteiger partial charge in [0, 0.05) is 12.8 Å². The number of nitrogens with zero attached hydrogens (tertiary/aromatic N) is 1. The van der Waals surface area contributed by atoms with Gasteiger partial charge in [-0.2, -0.15) is 0 Å². The minimum Gasteiger partial charge on any atom is -0.756 e. The number of hydrogen-bond acceptors (Lipinski definition) is 8. The first-order valence-corrected chi connectivity index (χ1v) is 29.9. The van der Waals surface area contributed by atoms with E-state index in [4.69, 9.17) is 18.5 Å². The largest absolute Gasteiger partial charge is 0.756 e. The molecule has 0 aliphatic rings. The maximum atomic E-state index is 12.8. The van der Waals surface area contributed by atoms with Gasteiger partial charge < -0.3 is 27.9 Å². The Balaban J connectivity index is 4.30. The first kappa shape index (κ1) is 67.9. The van der Waals surface area contributed by atoms with Crippen LogP contribution < -0.4 is 4.89 Å². The molecule has 0 aliphatic heterocycles. The van der Waals surface area contributed by atoms with Gasteiger partial charge in [0.25, 0.3) is 7.82 Å². The van der Waals surface area contributed by atoms with Crippen LogP contribution in [0.15, 0.2) is 97.2 Å². The lowest BCUT2D eigenvalue weighted by Crippen LogP contribution is -2.37. The van der Waals surface area contributed by atoms with E-state index >= 15 is 0 Å². The van der Waals surface area contributed by atoms with Crippen molar-refractivity contribution in [1.82, 2.24) is 0 Å². The number of esters is 2. The molecule has 0 amide bonds. The van der Waals surface area contributed by atoms with Gasteiger partial charge in [-0.3, -0.25) is 14.2 Å². The highest BCUT2D eigenvalue weighted by molar-refractivity contribution is 7.45. The Morgan fingerprint density at radius 2 is 0.803 bits per heavy atom. The fraction of sp³-hybridized carbons (Fsp3) is 0.705. The van der Waals surface area contributed by atoms with Gasteiger partial charge in [0.2, 0.25) is 0 Å². The Hall–Kier alpha value is -3.07. The van der Waals surface area contributed by atoms with Gasteiger partial charge in [0.15, 0.2) is 6.10 Å². The summed E-state index contributed by atoms with van der Waals surface area (Å²) in [5, 5.41) is 0. The molecule has 0 aromatic rings. The number of allylic oxidation sites excluding steroid dienone is 16. The summed E-state index contributed by atoms with van der Waals surface area (Å²) in [5.74, 6) is -0.884. The van der Waals surface area contributed by atoms with E-state index < -0.39 is 32.5 Å². The van der Waals surface area contributed by atoms with Gasteiger partial charge in [0.1, 0.15) is 19.8 Å². The van der Waals surface area contributed by atoms with Crippen molar-refractivity contribution in [3.63, 3.8) is 0 Å². The zero-order chi connectivity index (χ0) is 52.0. The third-order valence-electron chi connectivity index (χ3n) is 11.9. The summed E-state index contributed by atoms with van der Waals surface area (Å²) >= 11 is 0. The van der Waals surface area contributed by atoms with Crippen LogP contribution in [0.3, 0.4) is 0 Å². The van der Waals surface area contributed by atoms with Crippen LogP contribution in [-0.4, -0.2) is 70.0 Å². The molecule has 0 fully saturated rings. The zero-order valence-corrected chi connectivity index (χ0v) is 47.0. The predicted molar refractivity (Wildman–Crippen MR) is 300 cm³/mol. The Morgan fingerprint density at radius 3 is 1.20 bits per heavy atom. The normalized spacial score (nSPS) is 14.1. The summed E-state index contributed by atoms with van der Waals surface area (Å²) in [4.78, 5) is 37.8. The molecular weight excluding hydrogens is 906 g/mol. The molecule has 0 rings (SSSR count). The highest BCUT2D eigenvalue weighted by Crippen LogP contribution is 2.38. The van der Waals surface area contributed by atoms with Crippen LogP contribution in [0.1, 0.15) is 226 Å². The average molecular weight is 1010 g/mol. The van der Waals surface area contributed by atoms with Gasteiger partial charge in [-0.15, -0.1) is 0 Å². The van der Waals surface area contributed by atoms with Crippen LogP contribution in [0.25, 0.3) is 0 Å². The number of carbonyl (C=O) groups excluding carboxylic acids is 2. The zero-order valence-electron chi connectivity index (χ0n) is 46.1. The second-order valence-electron chi connectivity index (χ2n) is 19.9. The van der Waals surface area contributed by atoms with Crippen molar-refractivity contribution in [3.05, 3.63) is 97.2 Å². The van der Waals surface area contributed by atoms with Crippen molar-refractivity contribution >= 4 is 19.8 Å². The fourth-order valence-corrected chi connectivity index (χ4v) is 8.22. The molecule has 408 valence electrons. The van der Waals surface area contributed by atoms with Crippen LogP contribution in [0.5, 0.6) is 0 Å². The number of phosphoric acid groups is 1. The van der Waals surface area contributed by atoms with Crippen LogP contribution in [0.4, 0.5) is 0 Å². The lowest BCUT2D eigenvalue weighted by molar-refractivity contribution is -0.870. The summed E-state index contributed by atoms with van der Waals surface area (Å²) < 4.78 is 34.1. The number of rotatable bonds is 51. The van der Waals surface area contributed by atoms with E-state index in [1.807, 2.05) is 21.1 Å². The molecule has 2 atom stereocenters. The summed E-state index contributed by atoms with van der Waals surface area (Å²) in [5.41, 5.74) is 0. The number of phosphoric ester groups is 1. The van der Waals surface area contributed by atoms with E-state index in [1.165, 1.54) is 109 Å². The maximum absolute atomic E-state index is 12.8. The average Bonchev–Trinajstić information content (AvgIpc) is 3.33. The Bertz CT molecular complexity index is 1520. The molecule has 71 heavy (non-hydrogen) atoms. The molecule has 10 heteroatoms. The maximum Gasteiger partial charge on any atom is 0.306 e. The molecule has 0 heterocycles. The second-order valence-corrected chi connectivity index (χ2v) is 21.3. The molecule has 0 bridgehead atoms. The predicted octanol–water partition coefficient (Wildman–Crippen LogP) is 17.0. The molecular formula is C61H106NO8P. The Kier molecular flexibility index (Phi) is 49.6. The molecule has 0 saturated heterocycles. The van der Waals surface area contributed by atoms with Crippen molar-refractivity contribution in [2.45, 2.75) is 232 Å². The smallest absolute Gasteiger partial charge is 0.306 e.